The molecule has 1 heterocycles. The van der Waals surface area contributed by atoms with E-state index in [0.717, 1.165) is 17.7 Å². The van der Waals surface area contributed by atoms with Gasteiger partial charge in [0.1, 0.15) is 0 Å². The first-order valence-electron chi connectivity index (χ1n) is 10.7. The Balaban J connectivity index is 1.91. The molecule has 0 aromatic heterocycles. The molecular weight excluding hydrogens is 414 g/mol. The van der Waals surface area contributed by atoms with E-state index in [-0.39, 0.29) is 16.7 Å². The van der Waals surface area contributed by atoms with Gasteiger partial charge in [0.15, 0.2) is 0 Å². The minimum absolute atomic E-state index is 0.116. The summed E-state index contributed by atoms with van der Waals surface area (Å²) in [6.45, 7) is 6.77. The van der Waals surface area contributed by atoms with Crippen LogP contribution in [0.15, 0.2) is 47.4 Å². The Morgan fingerprint density at radius 3 is 2.48 bits per heavy atom. The van der Waals surface area contributed by atoms with Crippen molar-refractivity contribution in [2.75, 3.05) is 29.9 Å². The molecule has 8 heteroatoms. The summed E-state index contributed by atoms with van der Waals surface area (Å²) in [6, 6.07) is 11.9. The highest BCUT2D eigenvalue weighted by Crippen LogP contribution is 2.31. The number of nitrogens with zero attached hydrogens (tertiary/aromatic N) is 2. The first-order chi connectivity index (χ1) is 14.8. The Kier molecular flexibility index (Phi) is 7.12. The Morgan fingerprint density at radius 1 is 1.06 bits per heavy atom. The molecule has 0 spiro atoms. The molecule has 166 valence electrons. The lowest BCUT2D eigenvalue weighted by atomic mass is 10.0. The van der Waals surface area contributed by atoms with E-state index in [1.54, 1.807) is 54.3 Å². The maximum absolute atomic E-state index is 13.2. The van der Waals surface area contributed by atoms with E-state index in [0.29, 0.717) is 43.7 Å². The van der Waals surface area contributed by atoms with Crippen molar-refractivity contribution < 1.29 is 18.0 Å². The fourth-order valence-corrected chi connectivity index (χ4v) is 5.30. The highest BCUT2D eigenvalue weighted by molar-refractivity contribution is 7.89. The molecule has 1 aliphatic heterocycles. The first-order valence-corrected chi connectivity index (χ1v) is 12.1. The van der Waals surface area contributed by atoms with Crippen LogP contribution in [0.1, 0.15) is 49.5 Å². The molecule has 1 aliphatic rings. The van der Waals surface area contributed by atoms with Crippen LogP contribution in [0.25, 0.3) is 0 Å². The molecule has 1 N–H and O–H groups in total. The maximum Gasteiger partial charge on any atom is 0.258 e. The lowest BCUT2D eigenvalue weighted by molar-refractivity contribution is -0.115. The number of rotatable bonds is 7. The number of fused-ring (bicyclic) bond motifs is 1. The van der Waals surface area contributed by atoms with Gasteiger partial charge in [0.05, 0.1) is 4.90 Å². The molecule has 0 aliphatic carbocycles. The smallest absolute Gasteiger partial charge is 0.258 e. The van der Waals surface area contributed by atoms with Gasteiger partial charge in [0, 0.05) is 43.0 Å². The van der Waals surface area contributed by atoms with Crippen LogP contribution in [0, 0.1) is 0 Å². The van der Waals surface area contributed by atoms with Crippen molar-refractivity contribution in [3.63, 3.8) is 0 Å². The van der Waals surface area contributed by atoms with Crippen molar-refractivity contribution in [2.45, 2.75) is 44.9 Å². The van der Waals surface area contributed by atoms with Crippen molar-refractivity contribution in [3.8, 4) is 0 Å². The van der Waals surface area contributed by atoms with Crippen LogP contribution >= 0.6 is 0 Å². The molecule has 0 radical (unpaired) electrons. The number of benzene rings is 2. The highest BCUT2D eigenvalue weighted by atomic mass is 32.2. The van der Waals surface area contributed by atoms with Gasteiger partial charge >= 0.3 is 0 Å². The Bertz CT molecular complexity index is 1080. The predicted molar refractivity (Wildman–Crippen MR) is 122 cm³/mol. The Labute approximate surface area is 184 Å². The number of sulfonamides is 1. The number of hydrogen-bond donors (Lipinski definition) is 1. The van der Waals surface area contributed by atoms with E-state index in [2.05, 4.69) is 5.32 Å². The molecule has 7 nitrogen and oxygen atoms in total. The standard InChI is InChI=1S/C23H29N3O4S/c1-4-22(27)24-19-11-7-9-18(15-19)23(28)26-14-8-10-17-16-20(12-13-21(17)26)31(29,30)25(5-2)6-3/h7,9,11-13,15-16H,4-6,8,10,14H2,1-3H3,(H,24,27). The van der Waals surface area contributed by atoms with Gasteiger partial charge in [-0.1, -0.05) is 26.8 Å². The minimum atomic E-state index is -3.55. The van der Waals surface area contributed by atoms with Crippen molar-refractivity contribution in [3.05, 3.63) is 53.6 Å². The van der Waals surface area contributed by atoms with Gasteiger partial charge in [-0.2, -0.15) is 4.31 Å². The summed E-state index contributed by atoms with van der Waals surface area (Å²) in [7, 11) is -3.55. The van der Waals surface area contributed by atoms with E-state index in [1.807, 2.05) is 13.8 Å². The van der Waals surface area contributed by atoms with E-state index in [9.17, 15) is 18.0 Å². The van der Waals surface area contributed by atoms with Gasteiger partial charge in [-0.15, -0.1) is 0 Å². The zero-order chi connectivity index (χ0) is 22.6. The normalized spacial score (nSPS) is 13.7. The number of anilines is 2. The Morgan fingerprint density at radius 2 is 1.81 bits per heavy atom. The SMILES string of the molecule is CCC(=O)Nc1cccc(C(=O)N2CCCc3cc(S(=O)(=O)N(CC)CC)ccc32)c1. The first kappa shape index (κ1) is 23.0. The fourth-order valence-electron chi connectivity index (χ4n) is 3.79. The summed E-state index contributed by atoms with van der Waals surface area (Å²) >= 11 is 0. The van der Waals surface area contributed by atoms with Gasteiger partial charge in [-0.25, -0.2) is 8.42 Å². The molecule has 2 amide bonds. The number of nitrogens with one attached hydrogen (secondary N) is 1. The van der Waals surface area contributed by atoms with Crippen molar-refractivity contribution >= 4 is 33.2 Å². The molecule has 0 saturated heterocycles. The van der Waals surface area contributed by atoms with E-state index in [1.165, 1.54) is 4.31 Å². The average Bonchev–Trinajstić information content (AvgIpc) is 2.78. The number of amides is 2. The number of carbonyl (C=O) groups is 2. The number of aryl methyl sites for hydroxylation is 1. The van der Waals surface area contributed by atoms with Crippen LogP contribution in [0.3, 0.4) is 0 Å². The van der Waals surface area contributed by atoms with Crippen LogP contribution in [0.5, 0.6) is 0 Å². The lowest BCUT2D eigenvalue weighted by Gasteiger charge is -2.30. The number of carbonyl (C=O) groups excluding carboxylic acids is 2. The molecule has 0 bridgehead atoms. The third kappa shape index (κ3) is 4.80. The zero-order valence-corrected chi connectivity index (χ0v) is 19.0. The second-order valence-electron chi connectivity index (χ2n) is 7.42. The number of hydrogen-bond acceptors (Lipinski definition) is 4. The molecule has 0 unspecified atom stereocenters. The topological polar surface area (TPSA) is 86.8 Å². The monoisotopic (exact) mass is 443 g/mol. The van der Waals surface area contributed by atoms with Gasteiger partial charge in [-0.3, -0.25) is 9.59 Å². The summed E-state index contributed by atoms with van der Waals surface area (Å²) in [5, 5.41) is 2.77. The highest BCUT2D eigenvalue weighted by Gasteiger charge is 2.27. The van der Waals surface area contributed by atoms with Crippen molar-refractivity contribution in [1.82, 2.24) is 4.31 Å². The minimum Gasteiger partial charge on any atom is -0.326 e. The third-order valence-electron chi connectivity index (χ3n) is 5.47. The second kappa shape index (κ2) is 9.62. The predicted octanol–water partition coefficient (Wildman–Crippen LogP) is 3.66. The van der Waals surface area contributed by atoms with Crippen LogP contribution < -0.4 is 10.2 Å². The molecule has 0 saturated carbocycles. The summed E-state index contributed by atoms with van der Waals surface area (Å²) in [4.78, 5) is 26.9. The third-order valence-corrected chi connectivity index (χ3v) is 7.52. The van der Waals surface area contributed by atoms with Gasteiger partial charge in [-0.05, 0) is 54.8 Å². The Hall–Kier alpha value is -2.71. The molecule has 0 fully saturated rings. The average molecular weight is 444 g/mol. The quantitative estimate of drug-likeness (QED) is 0.708. The lowest BCUT2D eigenvalue weighted by Crippen LogP contribution is -2.36. The maximum atomic E-state index is 13.2. The van der Waals surface area contributed by atoms with Crippen molar-refractivity contribution in [1.29, 1.82) is 0 Å². The zero-order valence-electron chi connectivity index (χ0n) is 18.2. The van der Waals surface area contributed by atoms with Crippen LogP contribution in [0.4, 0.5) is 11.4 Å². The van der Waals surface area contributed by atoms with Crippen LogP contribution in [-0.2, 0) is 21.2 Å². The summed E-state index contributed by atoms with van der Waals surface area (Å²) < 4.78 is 27.2. The fraction of sp³-hybridized carbons (Fsp3) is 0.391. The molecule has 3 rings (SSSR count). The molecule has 2 aromatic carbocycles. The van der Waals surface area contributed by atoms with E-state index in [4.69, 9.17) is 0 Å². The van der Waals surface area contributed by atoms with Gasteiger partial charge in [0.25, 0.3) is 5.91 Å². The van der Waals surface area contributed by atoms with E-state index < -0.39 is 10.0 Å². The molecule has 0 atom stereocenters. The van der Waals surface area contributed by atoms with Crippen LogP contribution in [0.2, 0.25) is 0 Å². The summed E-state index contributed by atoms with van der Waals surface area (Å²) in [6.07, 6.45) is 1.82. The van der Waals surface area contributed by atoms with Crippen LogP contribution in [-0.4, -0.2) is 44.2 Å². The van der Waals surface area contributed by atoms with Gasteiger partial charge in [0.2, 0.25) is 15.9 Å². The molecule has 2 aromatic rings. The largest absolute Gasteiger partial charge is 0.326 e. The second-order valence-corrected chi connectivity index (χ2v) is 9.36. The molecular formula is C23H29N3O4S. The van der Waals surface area contributed by atoms with Gasteiger partial charge < -0.3 is 10.2 Å². The summed E-state index contributed by atoms with van der Waals surface area (Å²) in [5.74, 6) is -0.289. The van der Waals surface area contributed by atoms with E-state index >= 15 is 0 Å². The summed E-state index contributed by atoms with van der Waals surface area (Å²) in [5.41, 5.74) is 2.64. The van der Waals surface area contributed by atoms with Crippen molar-refractivity contribution in [2.24, 2.45) is 0 Å². The molecule has 31 heavy (non-hydrogen) atoms.